The molecule has 9 nitrogen and oxygen atoms in total. The van der Waals surface area contributed by atoms with E-state index in [4.69, 9.17) is 18.9 Å². The number of hydrogen-bond donors (Lipinski definition) is 0. The van der Waals surface area contributed by atoms with Crippen LogP contribution in [-0.4, -0.2) is 61.9 Å². The summed E-state index contributed by atoms with van der Waals surface area (Å²) in [5.41, 5.74) is 0.607. The van der Waals surface area contributed by atoms with Crippen LogP contribution in [0.3, 0.4) is 0 Å². The second-order valence-corrected chi connectivity index (χ2v) is 8.74. The smallest absolute Gasteiger partial charge is 0.310 e. The Morgan fingerprint density at radius 1 is 0.973 bits per heavy atom. The maximum atomic E-state index is 13.9. The molecule has 1 aromatic heterocycles. The van der Waals surface area contributed by atoms with Crippen molar-refractivity contribution >= 4 is 22.6 Å². The fourth-order valence-electron chi connectivity index (χ4n) is 4.68. The van der Waals surface area contributed by atoms with Crippen molar-refractivity contribution in [3.8, 4) is 22.9 Å². The van der Waals surface area contributed by atoms with Crippen molar-refractivity contribution in [2.24, 2.45) is 5.92 Å². The molecule has 2 aromatic carbocycles. The number of benzene rings is 2. The fraction of sp³-hybridized carbons (Fsp3) is 0.393. The standard InChI is InChI=1S/C28H32N2O7/c1-5-36-20-11-9-19(10-12-20)30-17-23(21-14-24(34-3)25(35-4)15-22(21)27(30)32)26(31)29-13-7-8-18(16-29)28(33)37-6-2/h9-12,14-15,17-18H,5-8,13,16H2,1-4H3/t18-/m1/s1. The number of carbonyl (C=O) groups excluding carboxylic acids is 2. The molecule has 0 bridgehead atoms. The van der Waals surface area contributed by atoms with Crippen LogP contribution < -0.4 is 19.8 Å². The SMILES string of the molecule is CCOC(=O)[C@@H]1CCCN(C(=O)c2cn(-c3ccc(OCC)cc3)c(=O)c3cc(OC)c(OC)cc23)C1. The van der Waals surface area contributed by atoms with E-state index >= 15 is 0 Å². The Balaban J connectivity index is 1.85. The predicted octanol–water partition coefficient (Wildman–Crippen LogP) is 3.82. The van der Waals surface area contributed by atoms with Crippen LogP contribution in [0.25, 0.3) is 16.5 Å². The highest BCUT2D eigenvalue weighted by molar-refractivity contribution is 6.07. The van der Waals surface area contributed by atoms with Crippen LogP contribution in [0.4, 0.5) is 0 Å². The Morgan fingerprint density at radius 3 is 2.27 bits per heavy atom. The lowest BCUT2D eigenvalue weighted by Crippen LogP contribution is -2.43. The zero-order valence-electron chi connectivity index (χ0n) is 21.6. The molecule has 1 aliphatic heterocycles. The Labute approximate surface area is 215 Å². The molecule has 2 heterocycles. The third kappa shape index (κ3) is 5.26. The quantitative estimate of drug-likeness (QED) is 0.427. The first kappa shape index (κ1) is 26.1. The fourth-order valence-corrected chi connectivity index (χ4v) is 4.68. The summed E-state index contributed by atoms with van der Waals surface area (Å²) in [5, 5.41) is 0.768. The van der Waals surface area contributed by atoms with Gasteiger partial charge in [-0.2, -0.15) is 0 Å². The summed E-state index contributed by atoms with van der Waals surface area (Å²) >= 11 is 0. The Bertz CT molecular complexity index is 1350. The van der Waals surface area contributed by atoms with Crippen molar-refractivity contribution in [2.75, 3.05) is 40.5 Å². The van der Waals surface area contributed by atoms with E-state index in [1.807, 2.05) is 6.92 Å². The number of aromatic nitrogens is 1. The van der Waals surface area contributed by atoms with Crippen LogP contribution in [0.15, 0.2) is 47.4 Å². The van der Waals surface area contributed by atoms with Crippen LogP contribution >= 0.6 is 0 Å². The summed E-state index contributed by atoms with van der Waals surface area (Å²) in [7, 11) is 2.99. The number of carbonyl (C=O) groups is 2. The van der Waals surface area contributed by atoms with E-state index in [0.717, 1.165) is 0 Å². The largest absolute Gasteiger partial charge is 0.494 e. The molecular weight excluding hydrogens is 476 g/mol. The van der Waals surface area contributed by atoms with Crippen molar-refractivity contribution in [1.82, 2.24) is 9.47 Å². The number of rotatable bonds is 8. The number of nitrogens with zero attached hydrogens (tertiary/aromatic N) is 2. The molecule has 4 rings (SSSR count). The Kier molecular flexibility index (Phi) is 8.01. The molecule has 0 aliphatic carbocycles. The Morgan fingerprint density at radius 2 is 1.65 bits per heavy atom. The summed E-state index contributed by atoms with van der Waals surface area (Å²) in [6, 6.07) is 10.3. The van der Waals surface area contributed by atoms with E-state index in [1.165, 1.54) is 18.8 Å². The van der Waals surface area contributed by atoms with Crippen molar-refractivity contribution in [1.29, 1.82) is 0 Å². The zero-order chi connectivity index (χ0) is 26.5. The van der Waals surface area contributed by atoms with E-state index < -0.39 is 0 Å². The van der Waals surface area contributed by atoms with Crippen molar-refractivity contribution < 1.29 is 28.5 Å². The molecular formula is C28H32N2O7. The third-order valence-corrected chi connectivity index (χ3v) is 6.51. The summed E-state index contributed by atoms with van der Waals surface area (Å²) in [4.78, 5) is 41.6. The third-order valence-electron chi connectivity index (χ3n) is 6.51. The molecule has 0 unspecified atom stereocenters. The van der Waals surface area contributed by atoms with E-state index in [1.54, 1.807) is 54.4 Å². The summed E-state index contributed by atoms with van der Waals surface area (Å²) < 4.78 is 23.1. The molecule has 196 valence electrons. The van der Waals surface area contributed by atoms with Gasteiger partial charge in [0.15, 0.2) is 11.5 Å². The monoisotopic (exact) mass is 508 g/mol. The lowest BCUT2D eigenvalue weighted by Gasteiger charge is -2.32. The molecule has 3 aromatic rings. The van der Waals surface area contributed by atoms with Gasteiger partial charge < -0.3 is 23.8 Å². The van der Waals surface area contributed by atoms with Gasteiger partial charge in [-0.25, -0.2) is 0 Å². The molecule has 0 saturated carbocycles. The van der Waals surface area contributed by atoms with Crippen LogP contribution in [-0.2, 0) is 9.53 Å². The molecule has 37 heavy (non-hydrogen) atoms. The van der Waals surface area contributed by atoms with Gasteiger partial charge in [-0.05, 0) is 63.1 Å². The highest BCUT2D eigenvalue weighted by Crippen LogP contribution is 2.33. The van der Waals surface area contributed by atoms with Gasteiger partial charge in [0.2, 0.25) is 0 Å². The number of ether oxygens (including phenoxy) is 4. The topological polar surface area (TPSA) is 96.3 Å². The first-order chi connectivity index (χ1) is 17.9. The first-order valence-corrected chi connectivity index (χ1v) is 12.4. The minimum Gasteiger partial charge on any atom is -0.494 e. The van der Waals surface area contributed by atoms with E-state index in [-0.39, 0.29) is 29.9 Å². The van der Waals surface area contributed by atoms with Crippen molar-refractivity contribution in [3.05, 3.63) is 58.5 Å². The predicted molar refractivity (Wildman–Crippen MR) is 139 cm³/mol. The number of methoxy groups -OCH3 is 2. The molecule has 1 saturated heterocycles. The molecule has 1 atom stereocenters. The maximum absolute atomic E-state index is 13.9. The maximum Gasteiger partial charge on any atom is 0.310 e. The average molecular weight is 509 g/mol. The second-order valence-electron chi connectivity index (χ2n) is 8.74. The molecule has 1 aliphatic rings. The first-order valence-electron chi connectivity index (χ1n) is 12.4. The second kappa shape index (κ2) is 11.4. The van der Waals surface area contributed by atoms with Gasteiger partial charge in [0.1, 0.15) is 5.75 Å². The highest BCUT2D eigenvalue weighted by atomic mass is 16.5. The van der Waals surface area contributed by atoms with Gasteiger partial charge in [-0.15, -0.1) is 0 Å². The number of pyridine rings is 1. The number of hydrogen-bond acceptors (Lipinski definition) is 7. The normalized spacial score (nSPS) is 15.4. The average Bonchev–Trinajstić information content (AvgIpc) is 2.93. The van der Waals surface area contributed by atoms with Crippen LogP contribution in [0.5, 0.6) is 17.2 Å². The summed E-state index contributed by atoms with van der Waals surface area (Å²) in [5.74, 6) is 0.527. The van der Waals surface area contributed by atoms with Crippen LogP contribution in [0.1, 0.15) is 37.0 Å². The molecule has 1 amide bonds. The lowest BCUT2D eigenvalue weighted by molar-refractivity contribution is -0.149. The van der Waals surface area contributed by atoms with Gasteiger partial charge in [-0.1, -0.05) is 0 Å². The number of amides is 1. The lowest BCUT2D eigenvalue weighted by atomic mass is 9.97. The highest BCUT2D eigenvalue weighted by Gasteiger charge is 2.31. The van der Waals surface area contributed by atoms with Gasteiger partial charge >= 0.3 is 5.97 Å². The van der Waals surface area contributed by atoms with Crippen LogP contribution in [0, 0.1) is 5.92 Å². The van der Waals surface area contributed by atoms with E-state index in [9.17, 15) is 14.4 Å². The Hall–Kier alpha value is -4.01. The number of likely N-dealkylation sites (tertiary alicyclic amines) is 1. The molecule has 1 fully saturated rings. The minimum atomic E-state index is -0.379. The molecule has 0 spiro atoms. The minimum absolute atomic E-state index is 0.259. The molecule has 0 N–H and O–H groups in total. The molecule has 0 radical (unpaired) electrons. The van der Waals surface area contributed by atoms with Gasteiger partial charge in [0.05, 0.1) is 44.3 Å². The summed E-state index contributed by atoms with van der Waals surface area (Å²) in [6.07, 6.45) is 2.91. The van der Waals surface area contributed by atoms with Crippen molar-refractivity contribution in [3.63, 3.8) is 0 Å². The summed E-state index contributed by atoms with van der Waals surface area (Å²) in [6.45, 7) is 5.25. The van der Waals surface area contributed by atoms with Gasteiger partial charge in [-0.3, -0.25) is 19.0 Å². The van der Waals surface area contributed by atoms with Gasteiger partial charge in [0, 0.05) is 30.4 Å². The van der Waals surface area contributed by atoms with Crippen molar-refractivity contribution in [2.45, 2.75) is 26.7 Å². The van der Waals surface area contributed by atoms with E-state index in [0.29, 0.717) is 71.9 Å². The number of esters is 1. The number of fused-ring (bicyclic) bond motifs is 1. The van der Waals surface area contributed by atoms with E-state index in [2.05, 4.69) is 0 Å². The number of piperidine rings is 1. The molecule has 9 heteroatoms. The van der Waals surface area contributed by atoms with Crippen LogP contribution in [0.2, 0.25) is 0 Å². The zero-order valence-corrected chi connectivity index (χ0v) is 21.6. The van der Waals surface area contributed by atoms with Gasteiger partial charge in [0.25, 0.3) is 11.5 Å².